The van der Waals surface area contributed by atoms with Crippen molar-refractivity contribution in [3.63, 3.8) is 0 Å². The average Bonchev–Trinajstić information content (AvgIpc) is 3.36. The van der Waals surface area contributed by atoms with Crippen molar-refractivity contribution in [3.8, 4) is 5.69 Å². The van der Waals surface area contributed by atoms with Crippen LogP contribution in [0, 0.1) is 0 Å². The molecule has 0 saturated carbocycles. The largest absolute Gasteiger partial charge is 0.483 e. The summed E-state index contributed by atoms with van der Waals surface area (Å²) in [6.45, 7) is 0. The first-order valence-corrected chi connectivity index (χ1v) is 9.24. The normalized spacial score (nSPS) is 18.1. The second-order valence-corrected chi connectivity index (χ2v) is 7.32. The van der Waals surface area contributed by atoms with Crippen LogP contribution in [-0.2, 0) is 9.53 Å². The highest BCUT2D eigenvalue weighted by atomic mass is 35.5. The lowest BCUT2D eigenvalue weighted by atomic mass is 9.87. The zero-order valence-corrected chi connectivity index (χ0v) is 15.7. The van der Waals surface area contributed by atoms with Crippen molar-refractivity contribution < 1.29 is 14.3 Å². The van der Waals surface area contributed by atoms with Gasteiger partial charge >= 0.3 is 0 Å². The molecule has 0 saturated heterocycles. The van der Waals surface area contributed by atoms with Gasteiger partial charge in [0.05, 0.1) is 27.5 Å². The molecule has 3 aromatic rings. The van der Waals surface area contributed by atoms with E-state index < -0.39 is 17.7 Å². The predicted octanol–water partition coefficient (Wildman–Crippen LogP) is 4.21. The number of nitrogens with zero attached hydrogens (tertiary/aromatic N) is 3. The number of Topliss-reactive ketones (excluding diaryl/α,β-unsaturated/α-hetero) is 2. The summed E-state index contributed by atoms with van der Waals surface area (Å²) in [7, 11) is 0. The van der Waals surface area contributed by atoms with Gasteiger partial charge in [-0.25, -0.2) is 4.68 Å². The summed E-state index contributed by atoms with van der Waals surface area (Å²) in [4.78, 5) is 24.8. The number of carbonyl (C=O) groups is 2. The number of ketones is 2. The Bertz CT molecular complexity index is 1200. The van der Waals surface area contributed by atoms with Gasteiger partial charge in [-0.15, -0.1) is 5.10 Å². The third kappa shape index (κ3) is 2.57. The maximum absolute atomic E-state index is 12.5. The van der Waals surface area contributed by atoms with Gasteiger partial charge in [0.15, 0.2) is 0 Å². The molecular formula is C20H11Cl2N3O3. The summed E-state index contributed by atoms with van der Waals surface area (Å²) in [5.41, 5.74) is 2.64. The van der Waals surface area contributed by atoms with Gasteiger partial charge in [-0.3, -0.25) is 9.59 Å². The predicted molar refractivity (Wildman–Crippen MR) is 103 cm³/mol. The van der Waals surface area contributed by atoms with E-state index >= 15 is 0 Å². The summed E-state index contributed by atoms with van der Waals surface area (Å²) in [6, 6.07) is 12.1. The molecule has 0 amide bonds. The fourth-order valence-electron chi connectivity index (χ4n) is 3.44. The SMILES string of the molecule is O=C1C(=O)c2ccccc2C2=C1CC(c1cn(-c3ccc(Cl)c(Cl)c3)nn1)O2. The molecule has 0 bridgehead atoms. The molecule has 1 unspecified atom stereocenters. The minimum atomic E-state index is -0.520. The van der Waals surface area contributed by atoms with Crippen LogP contribution in [0.1, 0.15) is 34.1 Å². The van der Waals surface area contributed by atoms with E-state index in [4.69, 9.17) is 27.9 Å². The van der Waals surface area contributed by atoms with Gasteiger partial charge in [-0.1, -0.05) is 52.7 Å². The molecule has 1 aliphatic carbocycles. The fourth-order valence-corrected chi connectivity index (χ4v) is 3.73. The molecule has 8 heteroatoms. The van der Waals surface area contributed by atoms with Crippen LogP contribution in [0.2, 0.25) is 10.0 Å². The Hall–Kier alpha value is -2.96. The molecule has 1 aromatic heterocycles. The smallest absolute Gasteiger partial charge is 0.234 e. The molecule has 2 aromatic carbocycles. The molecular weight excluding hydrogens is 401 g/mol. The molecule has 6 nitrogen and oxygen atoms in total. The van der Waals surface area contributed by atoms with E-state index in [0.717, 1.165) is 0 Å². The minimum absolute atomic E-state index is 0.272. The number of carbonyl (C=O) groups excluding carboxylic acids is 2. The molecule has 0 N–H and O–H groups in total. The highest BCUT2D eigenvalue weighted by Gasteiger charge is 2.41. The summed E-state index contributed by atoms with van der Waals surface area (Å²) in [5.74, 6) is -0.569. The number of halogens is 2. The highest BCUT2D eigenvalue weighted by molar-refractivity contribution is 6.52. The first kappa shape index (κ1) is 17.2. The van der Waals surface area contributed by atoms with Gasteiger partial charge < -0.3 is 4.74 Å². The first-order chi connectivity index (χ1) is 13.5. The lowest BCUT2D eigenvalue weighted by molar-refractivity contribution is -0.112. The number of fused-ring (bicyclic) bond motifs is 2. The Balaban J connectivity index is 1.47. The lowest BCUT2D eigenvalue weighted by Crippen LogP contribution is -2.22. The topological polar surface area (TPSA) is 74.1 Å². The standard InChI is InChI=1S/C20H11Cl2N3O3/c21-14-6-5-10(7-15(14)22)25-9-16(23-24-25)17-8-13-19(27)18(26)11-3-1-2-4-12(11)20(13)28-17/h1-7,9,17H,8H2. The number of hydrogen-bond donors (Lipinski definition) is 0. The van der Waals surface area contributed by atoms with E-state index in [9.17, 15) is 9.59 Å². The van der Waals surface area contributed by atoms with Crippen LogP contribution in [0.25, 0.3) is 11.4 Å². The zero-order chi connectivity index (χ0) is 19.4. The molecule has 28 heavy (non-hydrogen) atoms. The number of benzene rings is 2. The van der Waals surface area contributed by atoms with Crippen LogP contribution in [0.3, 0.4) is 0 Å². The molecule has 2 aliphatic rings. The lowest BCUT2D eigenvalue weighted by Gasteiger charge is -2.15. The molecule has 0 spiro atoms. The highest BCUT2D eigenvalue weighted by Crippen LogP contribution is 2.44. The maximum atomic E-state index is 12.5. The monoisotopic (exact) mass is 411 g/mol. The van der Waals surface area contributed by atoms with Gasteiger partial charge in [0.1, 0.15) is 17.6 Å². The van der Waals surface area contributed by atoms with E-state index in [1.165, 1.54) is 0 Å². The van der Waals surface area contributed by atoms with Gasteiger partial charge in [0.2, 0.25) is 11.6 Å². The molecule has 0 radical (unpaired) electrons. The van der Waals surface area contributed by atoms with Crippen LogP contribution < -0.4 is 0 Å². The zero-order valence-electron chi connectivity index (χ0n) is 14.2. The molecule has 1 aliphatic heterocycles. The van der Waals surface area contributed by atoms with E-state index in [2.05, 4.69) is 10.3 Å². The molecule has 5 rings (SSSR count). The number of ether oxygens (including phenoxy) is 1. The summed E-state index contributed by atoms with van der Waals surface area (Å²) >= 11 is 12.0. The second kappa shape index (κ2) is 6.29. The van der Waals surface area contributed by atoms with Gasteiger partial charge in [-0.2, -0.15) is 0 Å². The van der Waals surface area contributed by atoms with Crippen molar-refractivity contribution in [2.45, 2.75) is 12.5 Å². The fraction of sp³-hybridized carbons (Fsp3) is 0.100. The molecule has 1 atom stereocenters. The van der Waals surface area contributed by atoms with Crippen LogP contribution >= 0.6 is 23.2 Å². The maximum Gasteiger partial charge on any atom is 0.234 e. The minimum Gasteiger partial charge on any atom is -0.483 e. The van der Waals surface area contributed by atoms with E-state index in [1.807, 2.05) is 6.07 Å². The van der Waals surface area contributed by atoms with E-state index in [-0.39, 0.29) is 6.42 Å². The first-order valence-electron chi connectivity index (χ1n) is 8.49. The van der Waals surface area contributed by atoms with Crippen molar-refractivity contribution in [3.05, 3.63) is 81.1 Å². The van der Waals surface area contributed by atoms with Crippen LogP contribution in [-0.4, -0.2) is 26.6 Å². The number of rotatable bonds is 2. The van der Waals surface area contributed by atoms with Gasteiger partial charge in [-0.05, 0) is 18.2 Å². The van der Waals surface area contributed by atoms with E-state index in [1.54, 1.807) is 47.3 Å². The summed E-state index contributed by atoms with van der Waals surface area (Å²) in [6.07, 6.45) is 1.49. The second-order valence-electron chi connectivity index (χ2n) is 6.51. The van der Waals surface area contributed by atoms with Crippen molar-refractivity contribution in [2.75, 3.05) is 0 Å². The van der Waals surface area contributed by atoms with Gasteiger partial charge in [0.25, 0.3) is 0 Å². The summed E-state index contributed by atoms with van der Waals surface area (Å²) < 4.78 is 7.59. The van der Waals surface area contributed by atoms with Gasteiger partial charge in [0, 0.05) is 17.5 Å². The number of aromatic nitrogens is 3. The van der Waals surface area contributed by atoms with E-state index in [0.29, 0.717) is 43.9 Å². The Morgan fingerprint density at radius 2 is 1.79 bits per heavy atom. The van der Waals surface area contributed by atoms with Crippen LogP contribution in [0.5, 0.6) is 0 Å². The molecule has 138 valence electrons. The third-order valence-corrected chi connectivity index (χ3v) is 5.57. The average molecular weight is 412 g/mol. The number of hydrogen-bond acceptors (Lipinski definition) is 5. The van der Waals surface area contributed by atoms with Crippen molar-refractivity contribution in [1.82, 2.24) is 15.0 Å². The summed E-state index contributed by atoms with van der Waals surface area (Å²) in [5, 5.41) is 9.14. The van der Waals surface area contributed by atoms with Crippen molar-refractivity contribution >= 4 is 40.5 Å². The Kier molecular flexibility index (Phi) is 3.86. The Morgan fingerprint density at radius 3 is 2.57 bits per heavy atom. The third-order valence-electron chi connectivity index (χ3n) is 4.83. The molecule has 0 fully saturated rings. The Morgan fingerprint density at radius 1 is 1.00 bits per heavy atom. The van der Waals surface area contributed by atoms with Crippen LogP contribution in [0.4, 0.5) is 0 Å². The molecule has 2 heterocycles. The Labute approximate surface area is 169 Å². The quantitative estimate of drug-likeness (QED) is 0.590. The van der Waals surface area contributed by atoms with Crippen molar-refractivity contribution in [1.29, 1.82) is 0 Å². The van der Waals surface area contributed by atoms with Crippen LogP contribution in [0.15, 0.2) is 54.2 Å². The van der Waals surface area contributed by atoms with Crippen molar-refractivity contribution in [2.24, 2.45) is 0 Å².